The van der Waals surface area contributed by atoms with Crippen molar-refractivity contribution in [3.05, 3.63) is 24.3 Å². The lowest BCUT2D eigenvalue weighted by molar-refractivity contribution is -0.729. The third-order valence-electron chi connectivity index (χ3n) is 6.34. The van der Waals surface area contributed by atoms with Crippen molar-refractivity contribution in [1.29, 1.82) is 0 Å². The number of hydrogen-bond acceptors (Lipinski definition) is 3. The molecule has 0 spiro atoms. The van der Waals surface area contributed by atoms with E-state index >= 15 is 0 Å². The Balaban J connectivity index is 1.34. The van der Waals surface area contributed by atoms with Gasteiger partial charge < -0.3 is 16.4 Å². The van der Waals surface area contributed by atoms with Gasteiger partial charge >= 0.3 is 0 Å². The molecule has 4 aliphatic rings. The number of anilines is 1. The molecule has 0 radical (unpaired) electrons. The van der Waals surface area contributed by atoms with Gasteiger partial charge in [0.25, 0.3) is 5.91 Å². The molecular formula is C20H28N3O2S+. The number of carbonyl (C=O) groups is 2. The minimum atomic E-state index is -0.355. The summed E-state index contributed by atoms with van der Waals surface area (Å²) < 4.78 is 0. The largest absolute Gasteiger partial charge is 0.369 e. The van der Waals surface area contributed by atoms with Crippen LogP contribution in [0.4, 0.5) is 5.69 Å². The molecular weight excluding hydrogens is 346 g/mol. The smallest absolute Gasteiger partial charge is 0.279 e. The summed E-state index contributed by atoms with van der Waals surface area (Å²) in [5.74, 6) is 2.58. The zero-order chi connectivity index (χ0) is 18.1. The zero-order valence-corrected chi connectivity index (χ0v) is 15.9. The van der Waals surface area contributed by atoms with Crippen molar-refractivity contribution in [2.24, 2.45) is 23.5 Å². The summed E-state index contributed by atoms with van der Waals surface area (Å²) in [6.07, 6.45) is 8.13. The molecule has 4 aliphatic carbocycles. The minimum absolute atomic E-state index is 0.0351. The van der Waals surface area contributed by atoms with Gasteiger partial charge in [-0.1, -0.05) is 12.1 Å². The number of nitrogens with one attached hydrogen (secondary N) is 1. The lowest BCUT2D eigenvalue weighted by Crippen LogP contribution is -3.00. The number of rotatable bonds is 7. The first-order chi connectivity index (χ1) is 12.5. The average molecular weight is 375 g/mol. The molecule has 1 aromatic rings. The van der Waals surface area contributed by atoms with Crippen LogP contribution in [0.25, 0.3) is 0 Å². The summed E-state index contributed by atoms with van der Waals surface area (Å²) in [5, 5.41) is 5.35. The van der Waals surface area contributed by atoms with Crippen LogP contribution in [0.1, 0.15) is 38.5 Å². The molecule has 6 heteroatoms. The van der Waals surface area contributed by atoms with E-state index in [0.717, 1.165) is 28.3 Å². The Hall–Kier alpha value is -1.53. The predicted octanol–water partition coefficient (Wildman–Crippen LogP) is 1.73. The van der Waals surface area contributed by atoms with Crippen molar-refractivity contribution in [2.75, 3.05) is 17.6 Å². The number of thioether (sulfide) groups is 1. The second kappa shape index (κ2) is 7.24. The van der Waals surface area contributed by atoms with Gasteiger partial charge in [-0.15, -0.1) is 11.8 Å². The van der Waals surface area contributed by atoms with Crippen LogP contribution >= 0.6 is 11.8 Å². The van der Waals surface area contributed by atoms with Gasteiger partial charge in [0, 0.05) is 24.2 Å². The summed E-state index contributed by atoms with van der Waals surface area (Å²) in [7, 11) is 0. The number of carbonyl (C=O) groups excluding carboxylic acids is 2. The summed E-state index contributed by atoms with van der Waals surface area (Å²) in [5.41, 5.74) is 6.31. The third-order valence-corrected chi connectivity index (χ3v) is 7.43. The normalized spacial score (nSPS) is 31.8. The molecule has 2 amide bonds. The molecule has 0 unspecified atom stereocenters. The molecule has 26 heavy (non-hydrogen) atoms. The molecule has 0 atom stereocenters. The lowest BCUT2D eigenvalue weighted by atomic mass is 9.53. The Morgan fingerprint density at radius 3 is 2.35 bits per heavy atom. The number of hydrogen-bond donors (Lipinski definition) is 3. The van der Waals surface area contributed by atoms with Gasteiger partial charge in [-0.25, -0.2) is 0 Å². The van der Waals surface area contributed by atoms with E-state index in [4.69, 9.17) is 5.73 Å². The van der Waals surface area contributed by atoms with Crippen LogP contribution < -0.4 is 16.4 Å². The molecule has 5 rings (SSSR count). The van der Waals surface area contributed by atoms with Crippen LogP contribution in [-0.4, -0.2) is 29.7 Å². The predicted molar refractivity (Wildman–Crippen MR) is 103 cm³/mol. The SMILES string of the molecule is NC(=O)CSc1ccccc1NC(=O)C[NH2+]C12CC3CC(CC(C3)C1)C2. The van der Waals surface area contributed by atoms with Crippen LogP contribution in [0.15, 0.2) is 29.2 Å². The molecule has 1 aromatic carbocycles. The molecule has 4 bridgehead atoms. The Morgan fingerprint density at radius 1 is 1.12 bits per heavy atom. The highest BCUT2D eigenvalue weighted by Gasteiger charge is 2.53. The Kier molecular flexibility index (Phi) is 4.97. The summed E-state index contributed by atoms with van der Waals surface area (Å²) >= 11 is 1.36. The monoisotopic (exact) mass is 374 g/mol. The number of quaternary nitrogens is 1. The molecule has 5 N–H and O–H groups in total. The fourth-order valence-electron chi connectivity index (χ4n) is 5.78. The number of primary amides is 1. The summed E-state index contributed by atoms with van der Waals surface area (Å²) in [6.45, 7) is 0.473. The maximum atomic E-state index is 12.6. The Morgan fingerprint density at radius 2 is 1.73 bits per heavy atom. The highest BCUT2D eigenvalue weighted by atomic mass is 32.2. The van der Waals surface area contributed by atoms with Gasteiger partial charge in [-0.05, 0) is 49.1 Å². The first kappa shape index (κ1) is 17.9. The quantitative estimate of drug-likeness (QED) is 0.635. The number of benzene rings is 1. The van der Waals surface area contributed by atoms with Crippen molar-refractivity contribution in [3.8, 4) is 0 Å². The summed E-state index contributed by atoms with van der Waals surface area (Å²) in [4.78, 5) is 24.5. The van der Waals surface area contributed by atoms with Gasteiger partial charge in [0.15, 0.2) is 6.54 Å². The van der Waals surface area contributed by atoms with Crippen molar-refractivity contribution < 1.29 is 14.9 Å². The van der Waals surface area contributed by atoms with Crippen molar-refractivity contribution in [2.45, 2.75) is 49.0 Å². The Bertz CT molecular complexity index is 671. The first-order valence-corrected chi connectivity index (χ1v) is 10.6. The van der Waals surface area contributed by atoms with E-state index in [9.17, 15) is 9.59 Å². The van der Waals surface area contributed by atoms with E-state index < -0.39 is 0 Å². The molecule has 4 fully saturated rings. The lowest BCUT2D eigenvalue weighted by Gasteiger charge is -2.54. The molecule has 140 valence electrons. The van der Waals surface area contributed by atoms with Crippen molar-refractivity contribution >= 4 is 29.3 Å². The van der Waals surface area contributed by atoms with Gasteiger partial charge in [0.2, 0.25) is 5.91 Å². The van der Waals surface area contributed by atoms with Gasteiger partial charge in [0.05, 0.1) is 17.0 Å². The van der Waals surface area contributed by atoms with E-state index in [0.29, 0.717) is 12.1 Å². The van der Waals surface area contributed by atoms with Crippen molar-refractivity contribution in [3.63, 3.8) is 0 Å². The number of nitrogens with two attached hydrogens (primary N) is 2. The molecule has 0 saturated heterocycles. The van der Waals surface area contributed by atoms with Gasteiger partial charge in [-0.3, -0.25) is 9.59 Å². The van der Waals surface area contributed by atoms with Crippen LogP contribution in [0.2, 0.25) is 0 Å². The standard InChI is InChI=1S/C20H27N3O2S/c21-18(24)12-26-17-4-2-1-3-16(17)23-19(25)11-22-20-8-13-5-14(9-20)7-15(6-13)10-20/h1-4,13-15,22H,5-12H2,(H2,21,24)(H,23,25)/p+1. The highest BCUT2D eigenvalue weighted by molar-refractivity contribution is 8.00. The number of para-hydroxylation sites is 1. The van der Waals surface area contributed by atoms with Crippen LogP contribution in [-0.2, 0) is 9.59 Å². The zero-order valence-electron chi connectivity index (χ0n) is 15.1. The second-order valence-electron chi connectivity index (χ2n) is 8.49. The van der Waals surface area contributed by atoms with E-state index in [2.05, 4.69) is 10.6 Å². The van der Waals surface area contributed by atoms with Crippen molar-refractivity contribution in [1.82, 2.24) is 0 Å². The number of amides is 2. The molecule has 0 aromatic heterocycles. The molecule has 5 nitrogen and oxygen atoms in total. The first-order valence-electron chi connectivity index (χ1n) is 9.66. The van der Waals surface area contributed by atoms with Gasteiger partial charge in [-0.2, -0.15) is 0 Å². The van der Waals surface area contributed by atoms with Gasteiger partial charge in [0.1, 0.15) is 0 Å². The second-order valence-corrected chi connectivity index (χ2v) is 9.50. The molecule has 4 saturated carbocycles. The summed E-state index contributed by atoms with van der Waals surface area (Å²) in [6, 6.07) is 7.59. The maximum Gasteiger partial charge on any atom is 0.279 e. The topological polar surface area (TPSA) is 88.8 Å². The van der Waals surface area contributed by atoms with E-state index in [1.54, 1.807) is 0 Å². The third kappa shape index (κ3) is 3.91. The Labute approximate surface area is 158 Å². The molecule has 0 heterocycles. The van der Waals surface area contributed by atoms with Crippen LogP contribution in [0, 0.1) is 17.8 Å². The maximum absolute atomic E-state index is 12.6. The molecule has 0 aliphatic heterocycles. The highest BCUT2D eigenvalue weighted by Crippen LogP contribution is 2.54. The average Bonchev–Trinajstić information content (AvgIpc) is 2.58. The van der Waals surface area contributed by atoms with Crippen LogP contribution in [0.3, 0.4) is 0 Å². The van der Waals surface area contributed by atoms with E-state index in [1.165, 1.54) is 50.3 Å². The van der Waals surface area contributed by atoms with E-state index in [1.807, 2.05) is 24.3 Å². The fraction of sp³-hybridized carbons (Fsp3) is 0.600. The van der Waals surface area contributed by atoms with E-state index in [-0.39, 0.29) is 17.6 Å². The minimum Gasteiger partial charge on any atom is -0.369 e. The van der Waals surface area contributed by atoms with Crippen LogP contribution in [0.5, 0.6) is 0 Å². The fourth-order valence-corrected chi connectivity index (χ4v) is 6.53.